The topological polar surface area (TPSA) is 76.1 Å². The van der Waals surface area contributed by atoms with Crippen LogP contribution >= 0.6 is 0 Å². The minimum Gasteiger partial charge on any atom is -0.390 e. The lowest BCUT2D eigenvalue weighted by Crippen LogP contribution is -2.49. The molecule has 2 amide bonds. The van der Waals surface area contributed by atoms with Gasteiger partial charge in [-0.2, -0.15) is 0 Å². The number of rotatable bonds is 6. The molecule has 1 aliphatic carbocycles. The first-order chi connectivity index (χ1) is 17.9. The van der Waals surface area contributed by atoms with Crippen molar-refractivity contribution < 1.29 is 14.7 Å². The molecule has 1 saturated heterocycles. The first-order valence-corrected chi connectivity index (χ1v) is 13.8. The van der Waals surface area contributed by atoms with Gasteiger partial charge in [0.25, 0.3) is 5.91 Å². The molecule has 196 valence electrons. The van der Waals surface area contributed by atoms with E-state index in [1.54, 1.807) is 6.92 Å². The Bertz CT molecular complexity index is 1190. The summed E-state index contributed by atoms with van der Waals surface area (Å²) in [6.07, 6.45) is 4.45. The largest absolute Gasteiger partial charge is 0.390 e. The van der Waals surface area contributed by atoms with E-state index < -0.39 is 6.10 Å². The molecular formula is C30H38N4O3. The molecule has 3 aliphatic heterocycles. The molecule has 2 aromatic rings. The van der Waals surface area contributed by atoms with Crippen LogP contribution in [0.2, 0.25) is 0 Å². The SMILES string of the molecule is CC(=O)N1CCC(Nc2ccc3c(c2)C(=O)N(C[C@H](O)CN2CCc4ccccc4C2)CC32CC2)CC1. The predicted molar refractivity (Wildman–Crippen MR) is 144 cm³/mol. The second-order valence-electron chi connectivity index (χ2n) is 11.6. The molecule has 2 aromatic carbocycles. The van der Waals surface area contributed by atoms with Crippen LogP contribution in [0.5, 0.6) is 0 Å². The Morgan fingerprint density at radius 3 is 2.57 bits per heavy atom. The highest BCUT2D eigenvalue weighted by atomic mass is 16.3. The van der Waals surface area contributed by atoms with Gasteiger partial charge in [-0.15, -0.1) is 0 Å². The van der Waals surface area contributed by atoms with Gasteiger partial charge in [0.2, 0.25) is 5.91 Å². The Morgan fingerprint density at radius 1 is 1.08 bits per heavy atom. The van der Waals surface area contributed by atoms with Crippen LogP contribution in [0.25, 0.3) is 0 Å². The van der Waals surface area contributed by atoms with E-state index in [1.165, 1.54) is 16.7 Å². The molecule has 2 N–H and O–H groups in total. The molecule has 0 bridgehead atoms. The van der Waals surface area contributed by atoms with Crippen LogP contribution in [0.15, 0.2) is 42.5 Å². The first kappa shape index (κ1) is 24.4. The van der Waals surface area contributed by atoms with Crippen molar-refractivity contribution in [2.24, 2.45) is 0 Å². The number of fused-ring (bicyclic) bond motifs is 3. The first-order valence-electron chi connectivity index (χ1n) is 13.8. The van der Waals surface area contributed by atoms with Crippen molar-refractivity contribution in [1.82, 2.24) is 14.7 Å². The number of anilines is 1. The van der Waals surface area contributed by atoms with E-state index in [0.29, 0.717) is 25.7 Å². The van der Waals surface area contributed by atoms with Crippen molar-refractivity contribution in [3.05, 3.63) is 64.7 Å². The number of benzene rings is 2. The van der Waals surface area contributed by atoms with Crippen molar-refractivity contribution in [3.8, 4) is 0 Å². The number of nitrogens with zero attached hydrogens (tertiary/aromatic N) is 3. The summed E-state index contributed by atoms with van der Waals surface area (Å²) < 4.78 is 0. The van der Waals surface area contributed by atoms with Crippen LogP contribution in [-0.2, 0) is 23.2 Å². The van der Waals surface area contributed by atoms with E-state index in [4.69, 9.17) is 0 Å². The fraction of sp³-hybridized carbons (Fsp3) is 0.533. The summed E-state index contributed by atoms with van der Waals surface area (Å²) in [5.74, 6) is 0.172. The van der Waals surface area contributed by atoms with Gasteiger partial charge < -0.3 is 20.2 Å². The van der Waals surface area contributed by atoms with Crippen molar-refractivity contribution in [2.45, 2.75) is 63.1 Å². The zero-order chi connectivity index (χ0) is 25.6. The van der Waals surface area contributed by atoms with Crippen LogP contribution in [0.4, 0.5) is 5.69 Å². The summed E-state index contributed by atoms with van der Waals surface area (Å²) in [4.78, 5) is 31.4. The molecule has 37 heavy (non-hydrogen) atoms. The highest BCUT2D eigenvalue weighted by molar-refractivity contribution is 5.98. The van der Waals surface area contributed by atoms with Crippen molar-refractivity contribution in [3.63, 3.8) is 0 Å². The zero-order valence-corrected chi connectivity index (χ0v) is 21.8. The molecule has 0 unspecified atom stereocenters. The van der Waals surface area contributed by atoms with E-state index in [-0.39, 0.29) is 17.2 Å². The lowest BCUT2D eigenvalue weighted by atomic mass is 9.86. The Morgan fingerprint density at radius 2 is 1.84 bits per heavy atom. The highest BCUT2D eigenvalue weighted by Crippen LogP contribution is 2.52. The quantitative estimate of drug-likeness (QED) is 0.635. The summed E-state index contributed by atoms with van der Waals surface area (Å²) in [5, 5.41) is 14.6. The molecule has 7 nitrogen and oxygen atoms in total. The van der Waals surface area contributed by atoms with Gasteiger partial charge in [0.15, 0.2) is 0 Å². The molecule has 0 aromatic heterocycles. The number of hydrogen-bond donors (Lipinski definition) is 2. The fourth-order valence-electron chi connectivity index (χ4n) is 6.59. The van der Waals surface area contributed by atoms with Crippen molar-refractivity contribution in [2.75, 3.05) is 44.6 Å². The fourth-order valence-corrected chi connectivity index (χ4v) is 6.59. The lowest BCUT2D eigenvalue weighted by molar-refractivity contribution is -0.129. The average molecular weight is 503 g/mol. The molecule has 6 rings (SSSR count). The third-order valence-corrected chi connectivity index (χ3v) is 8.88. The van der Waals surface area contributed by atoms with Gasteiger partial charge >= 0.3 is 0 Å². The summed E-state index contributed by atoms with van der Waals surface area (Å²) >= 11 is 0. The smallest absolute Gasteiger partial charge is 0.254 e. The number of carbonyl (C=O) groups excluding carboxylic acids is 2. The number of aliphatic hydroxyl groups excluding tert-OH is 1. The number of carbonyl (C=O) groups is 2. The van der Waals surface area contributed by atoms with E-state index in [1.807, 2.05) is 15.9 Å². The van der Waals surface area contributed by atoms with Crippen LogP contribution in [0.3, 0.4) is 0 Å². The number of likely N-dealkylation sites (tertiary alicyclic amines) is 1. The Kier molecular flexibility index (Phi) is 6.45. The molecule has 7 heteroatoms. The van der Waals surface area contributed by atoms with E-state index in [2.05, 4.69) is 46.6 Å². The maximum atomic E-state index is 13.6. The predicted octanol–water partition coefficient (Wildman–Crippen LogP) is 3.02. The van der Waals surface area contributed by atoms with E-state index in [9.17, 15) is 14.7 Å². The number of β-amino-alcohol motifs (C(OH)–C–C–N with tert-alkyl or cyclic N) is 1. The average Bonchev–Trinajstić information content (AvgIpc) is 3.67. The molecule has 1 saturated carbocycles. The van der Waals surface area contributed by atoms with Gasteiger partial charge in [-0.25, -0.2) is 0 Å². The number of piperidine rings is 1. The lowest BCUT2D eigenvalue weighted by Gasteiger charge is -2.37. The zero-order valence-electron chi connectivity index (χ0n) is 21.8. The molecule has 4 aliphatic rings. The number of hydrogen-bond acceptors (Lipinski definition) is 5. The van der Waals surface area contributed by atoms with Gasteiger partial charge in [-0.3, -0.25) is 14.5 Å². The number of nitrogens with one attached hydrogen (secondary N) is 1. The van der Waals surface area contributed by atoms with Gasteiger partial charge in [0.05, 0.1) is 6.10 Å². The van der Waals surface area contributed by atoms with Crippen LogP contribution in [0, 0.1) is 0 Å². The Labute approximate surface area is 219 Å². The molecule has 1 atom stereocenters. The Balaban J connectivity index is 1.11. The van der Waals surface area contributed by atoms with E-state index >= 15 is 0 Å². The summed E-state index contributed by atoms with van der Waals surface area (Å²) in [7, 11) is 0. The number of aliphatic hydroxyl groups is 1. The van der Waals surface area contributed by atoms with Crippen LogP contribution in [-0.4, -0.2) is 83.0 Å². The van der Waals surface area contributed by atoms with Crippen LogP contribution < -0.4 is 5.32 Å². The number of amides is 2. The van der Waals surface area contributed by atoms with E-state index in [0.717, 1.165) is 69.5 Å². The Hall–Kier alpha value is -2.90. The molecular weight excluding hydrogens is 464 g/mol. The normalized spacial score (nSPS) is 21.9. The monoisotopic (exact) mass is 502 g/mol. The van der Waals surface area contributed by atoms with Crippen LogP contribution in [0.1, 0.15) is 59.7 Å². The minimum atomic E-state index is -0.570. The van der Waals surface area contributed by atoms with Gasteiger partial charge in [-0.1, -0.05) is 30.3 Å². The third kappa shape index (κ3) is 4.99. The standard InChI is InChI=1S/C30H38N4O3/c1-21(35)33-14-9-24(10-15-33)31-25-6-7-28-27(16-25)29(37)34(20-30(28)11-12-30)19-26(36)18-32-13-8-22-4-2-3-5-23(22)17-32/h2-7,16,24,26,31,36H,8-15,17-20H2,1H3/t26-/m1/s1. The summed E-state index contributed by atoms with van der Waals surface area (Å²) in [6.45, 7) is 6.63. The molecule has 2 fully saturated rings. The summed E-state index contributed by atoms with van der Waals surface area (Å²) in [5.41, 5.74) is 5.73. The van der Waals surface area contributed by atoms with Gasteiger partial charge in [0.1, 0.15) is 0 Å². The summed E-state index contributed by atoms with van der Waals surface area (Å²) in [6, 6.07) is 15.1. The molecule has 0 radical (unpaired) electrons. The maximum Gasteiger partial charge on any atom is 0.254 e. The van der Waals surface area contributed by atoms with Gasteiger partial charge in [0, 0.05) is 75.4 Å². The highest BCUT2D eigenvalue weighted by Gasteiger charge is 2.51. The molecule has 3 heterocycles. The van der Waals surface area contributed by atoms with Crippen molar-refractivity contribution >= 4 is 17.5 Å². The molecule has 1 spiro atoms. The maximum absolute atomic E-state index is 13.6. The van der Waals surface area contributed by atoms with Gasteiger partial charge in [-0.05, 0) is 60.9 Å². The minimum absolute atomic E-state index is 0.0330. The second-order valence-corrected chi connectivity index (χ2v) is 11.6. The third-order valence-electron chi connectivity index (χ3n) is 8.88. The second kappa shape index (κ2) is 9.76. The van der Waals surface area contributed by atoms with Crippen molar-refractivity contribution in [1.29, 1.82) is 0 Å².